The third-order valence-corrected chi connectivity index (χ3v) is 4.94. The van der Waals surface area contributed by atoms with E-state index in [1.807, 2.05) is 12.3 Å². The number of hydrogen-bond donors (Lipinski definition) is 1. The van der Waals surface area contributed by atoms with Gasteiger partial charge in [0.05, 0.1) is 11.1 Å². The minimum Gasteiger partial charge on any atom is -0.385 e. The summed E-state index contributed by atoms with van der Waals surface area (Å²) >= 11 is 0. The first-order valence-electron chi connectivity index (χ1n) is 7.66. The fourth-order valence-corrected chi connectivity index (χ4v) is 3.43. The van der Waals surface area contributed by atoms with Crippen molar-refractivity contribution in [3.05, 3.63) is 42.1 Å². The van der Waals surface area contributed by atoms with Crippen molar-refractivity contribution >= 4 is 10.9 Å². The van der Waals surface area contributed by atoms with Gasteiger partial charge in [0.15, 0.2) is 0 Å². The molecule has 0 bridgehead atoms. The van der Waals surface area contributed by atoms with Crippen molar-refractivity contribution in [2.75, 3.05) is 0 Å². The first-order chi connectivity index (χ1) is 9.58. The Hall–Kier alpha value is -1.41. The predicted molar refractivity (Wildman–Crippen MR) is 82.4 cm³/mol. The maximum atomic E-state index is 11.0. The van der Waals surface area contributed by atoms with Gasteiger partial charge in [0.25, 0.3) is 0 Å². The summed E-state index contributed by atoms with van der Waals surface area (Å²) in [4.78, 5) is 4.40. The maximum Gasteiger partial charge on any atom is 0.0897 e. The molecular formula is C18H23NO. The van der Waals surface area contributed by atoms with Crippen LogP contribution in [-0.2, 0) is 5.60 Å². The lowest BCUT2D eigenvalue weighted by molar-refractivity contribution is -0.0198. The van der Waals surface area contributed by atoms with Gasteiger partial charge in [0.1, 0.15) is 0 Å². The van der Waals surface area contributed by atoms with Crippen LogP contribution in [-0.4, -0.2) is 10.1 Å². The average molecular weight is 269 g/mol. The Labute approximate surface area is 120 Å². The molecule has 1 heterocycles. The Balaban J connectivity index is 1.87. The minimum atomic E-state index is -0.656. The Morgan fingerprint density at radius 3 is 2.65 bits per heavy atom. The van der Waals surface area contributed by atoms with E-state index in [2.05, 4.69) is 43.1 Å². The highest BCUT2D eigenvalue weighted by molar-refractivity contribution is 5.79. The van der Waals surface area contributed by atoms with Gasteiger partial charge in [-0.3, -0.25) is 4.98 Å². The number of rotatable bonds is 2. The van der Waals surface area contributed by atoms with E-state index in [1.54, 1.807) is 0 Å². The molecule has 3 rings (SSSR count). The Morgan fingerprint density at radius 2 is 1.95 bits per heavy atom. The first-order valence-corrected chi connectivity index (χ1v) is 7.66. The van der Waals surface area contributed by atoms with Crippen molar-refractivity contribution in [3.8, 4) is 0 Å². The molecule has 2 aromatic rings. The van der Waals surface area contributed by atoms with Crippen molar-refractivity contribution in [2.45, 2.75) is 45.1 Å². The summed E-state index contributed by atoms with van der Waals surface area (Å²) < 4.78 is 0. The Morgan fingerprint density at radius 1 is 1.20 bits per heavy atom. The lowest BCUT2D eigenvalue weighted by Gasteiger charge is -2.38. The summed E-state index contributed by atoms with van der Waals surface area (Å²) in [5.41, 5.74) is 1.35. The van der Waals surface area contributed by atoms with E-state index < -0.39 is 5.60 Å². The number of aromatic nitrogens is 1. The van der Waals surface area contributed by atoms with Crippen molar-refractivity contribution < 1.29 is 5.11 Å². The van der Waals surface area contributed by atoms with Crippen LogP contribution >= 0.6 is 0 Å². The zero-order valence-corrected chi connectivity index (χ0v) is 12.3. The number of hydrogen-bond acceptors (Lipinski definition) is 2. The third-order valence-electron chi connectivity index (χ3n) is 4.94. The zero-order chi connectivity index (χ0) is 14.2. The SMILES string of the molecule is CC(C)C1CCC(O)(c2ccc3cccnc3c2)CC1. The van der Waals surface area contributed by atoms with Crippen LogP contribution in [0.5, 0.6) is 0 Å². The molecule has 1 fully saturated rings. The summed E-state index contributed by atoms with van der Waals surface area (Å²) in [5.74, 6) is 1.48. The minimum absolute atomic E-state index is 0.656. The van der Waals surface area contributed by atoms with Gasteiger partial charge in [0, 0.05) is 11.6 Å². The molecule has 0 amide bonds. The lowest BCUT2D eigenvalue weighted by Crippen LogP contribution is -2.32. The van der Waals surface area contributed by atoms with Gasteiger partial charge in [-0.05, 0) is 55.2 Å². The standard InChI is InChI=1S/C18H23NO/c1-13(2)14-7-9-18(20,10-8-14)16-6-5-15-4-3-11-19-17(15)12-16/h3-6,11-14,20H,7-10H2,1-2H3. The van der Waals surface area contributed by atoms with Gasteiger partial charge in [-0.2, -0.15) is 0 Å². The first kappa shape index (κ1) is 13.6. The molecule has 0 saturated heterocycles. The second kappa shape index (κ2) is 5.17. The van der Waals surface area contributed by atoms with E-state index in [0.717, 1.165) is 54.0 Å². The fourth-order valence-electron chi connectivity index (χ4n) is 3.43. The smallest absolute Gasteiger partial charge is 0.0897 e. The molecule has 1 aromatic heterocycles. The molecule has 0 unspecified atom stereocenters. The van der Waals surface area contributed by atoms with Gasteiger partial charge in [0.2, 0.25) is 0 Å². The number of pyridine rings is 1. The molecule has 1 aliphatic carbocycles. The van der Waals surface area contributed by atoms with Crippen LogP contribution in [0.2, 0.25) is 0 Å². The molecule has 20 heavy (non-hydrogen) atoms. The molecule has 0 aliphatic heterocycles. The number of benzene rings is 1. The summed E-state index contributed by atoms with van der Waals surface area (Å²) in [5, 5.41) is 12.1. The van der Waals surface area contributed by atoms with E-state index >= 15 is 0 Å². The van der Waals surface area contributed by atoms with E-state index in [0.29, 0.717) is 0 Å². The lowest BCUT2D eigenvalue weighted by atomic mass is 9.72. The van der Waals surface area contributed by atoms with Crippen LogP contribution in [0, 0.1) is 11.8 Å². The van der Waals surface area contributed by atoms with E-state index in [1.165, 1.54) is 0 Å². The Bertz CT molecular complexity index is 597. The van der Waals surface area contributed by atoms with Crippen molar-refractivity contribution in [3.63, 3.8) is 0 Å². The van der Waals surface area contributed by atoms with Crippen molar-refractivity contribution in [1.82, 2.24) is 4.98 Å². The quantitative estimate of drug-likeness (QED) is 0.883. The number of aliphatic hydroxyl groups is 1. The van der Waals surface area contributed by atoms with Gasteiger partial charge in [-0.1, -0.05) is 32.0 Å². The molecule has 2 heteroatoms. The second-order valence-electron chi connectivity index (χ2n) is 6.52. The van der Waals surface area contributed by atoms with Gasteiger partial charge in [-0.15, -0.1) is 0 Å². The van der Waals surface area contributed by atoms with Crippen molar-refractivity contribution in [1.29, 1.82) is 0 Å². The average Bonchev–Trinajstić information content (AvgIpc) is 2.47. The highest BCUT2D eigenvalue weighted by Gasteiger charge is 2.35. The fraction of sp³-hybridized carbons (Fsp3) is 0.500. The maximum absolute atomic E-state index is 11.0. The van der Waals surface area contributed by atoms with Crippen LogP contribution in [0.4, 0.5) is 0 Å². The second-order valence-corrected chi connectivity index (χ2v) is 6.52. The normalized spacial score (nSPS) is 27.1. The predicted octanol–water partition coefficient (Wildman–Crippen LogP) is 4.27. The molecule has 1 aliphatic rings. The van der Waals surface area contributed by atoms with E-state index in [-0.39, 0.29) is 0 Å². The summed E-state index contributed by atoms with van der Waals surface area (Å²) in [7, 11) is 0. The van der Waals surface area contributed by atoms with Gasteiger partial charge in [-0.25, -0.2) is 0 Å². The zero-order valence-electron chi connectivity index (χ0n) is 12.3. The monoisotopic (exact) mass is 269 g/mol. The molecule has 106 valence electrons. The van der Waals surface area contributed by atoms with Gasteiger partial charge >= 0.3 is 0 Å². The number of fused-ring (bicyclic) bond motifs is 1. The van der Waals surface area contributed by atoms with Crippen LogP contribution < -0.4 is 0 Å². The largest absolute Gasteiger partial charge is 0.385 e. The molecule has 0 spiro atoms. The van der Waals surface area contributed by atoms with Crippen LogP contribution in [0.15, 0.2) is 36.5 Å². The third kappa shape index (κ3) is 2.45. The van der Waals surface area contributed by atoms with Crippen LogP contribution in [0.3, 0.4) is 0 Å². The Kier molecular flexibility index (Phi) is 3.51. The highest BCUT2D eigenvalue weighted by atomic mass is 16.3. The topological polar surface area (TPSA) is 33.1 Å². The van der Waals surface area contributed by atoms with Crippen molar-refractivity contribution in [2.24, 2.45) is 11.8 Å². The summed E-state index contributed by atoms with van der Waals surface area (Å²) in [6, 6.07) is 10.2. The van der Waals surface area contributed by atoms with Gasteiger partial charge < -0.3 is 5.11 Å². The number of nitrogens with zero attached hydrogens (tertiary/aromatic N) is 1. The molecular weight excluding hydrogens is 246 g/mol. The molecule has 1 aromatic carbocycles. The summed E-state index contributed by atoms with van der Waals surface area (Å²) in [6.45, 7) is 4.57. The molecule has 1 N–H and O–H groups in total. The van der Waals surface area contributed by atoms with Crippen LogP contribution in [0.1, 0.15) is 45.1 Å². The molecule has 0 radical (unpaired) electrons. The molecule has 1 saturated carbocycles. The highest BCUT2D eigenvalue weighted by Crippen LogP contribution is 2.42. The van der Waals surface area contributed by atoms with E-state index in [4.69, 9.17) is 0 Å². The van der Waals surface area contributed by atoms with E-state index in [9.17, 15) is 5.11 Å². The molecule has 2 nitrogen and oxygen atoms in total. The molecule has 0 atom stereocenters. The summed E-state index contributed by atoms with van der Waals surface area (Å²) in [6.07, 6.45) is 5.79. The van der Waals surface area contributed by atoms with Crippen LogP contribution in [0.25, 0.3) is 10.9 Å².